The lowest BCUT2D eigenvalue weighted by atomic mass is 9.75. The Balaban J connectivity index is 2.80. The summed E-state index contributed by atoms with van der Waals surface area (Å²) in [6, 6.07) is 1.80. The summed E-state index contributed by atoms with van der Waals surface area (Å²) in [4.78, 5) is 14.8. The topological polar surface area (TPSA) is 58.4 Å². The van der Waals surface area contributed by atoms with Gasteiger partial charge in [0.15, 0.2) is 5.69 Å². The van der Waals surface area contributed by atoms with Crippen LogP contribution in [-0.4, -0.2) is 42.1 Å². The van der Waals surface area contributed by atoms with Crippen molar-refractivity contribution in [2.45, 2.75) is 66.3 Å². The van der Waals surface area contributed by atoms with Crippen LogP contribution in [0.3, 0.4) is 0 Å². The molecule has 5 nitrogen and oxygen atoms in total. The number of nitrogens with one attached hydrogen (secondary N) is 1. The third kappa shape index (κ3) is 5.06. The van der Waals surface area contributed by atoms with E-state index in [-0.39, 0.29) is 17.4 Å². The zero-order valence-corrected chi connectivity index (χ0v) is 15.6. The number of nitrogens with zero attached hydrogens (tertiary/aromatic N) is 2. The molecule has 5 heteroatoms. The number of rotatable bonds is 10. The first-order chi connectivity index (χ1) is 10.9. The summed E-state index contributed by atoms with van der Waals surface area (Å²) < 4.78 is 5.13. The number of hydrogen-bond donors (Lipinski definition) is 1. The van der Waals surface area contributed by atoms with E-state index in [1.807, 2.05) is 6.92 Å². The average Bonchev–Trinajstić information content (AvgIpc) is 3.02. The van der Waals surface area contributed by atoms with E-state index in [1.54, 1.807) is 6.07 Å². The minimum atomic E-state index is -0.148. The van der Waals surface area contributed by atoms with Crippen molar-refractivity contribution >= 4 is 5.91 Å². The molecular formula is C18H33N3O2. The zero-order valence-electron chi connectivity index (χ0n) is 15.6. The molecule has 23 heavy (non-hydrogen) atoms. The maximum atomic E-state index is 12.4. The van der Waals surface area contributed by atoms with Crippen LogP contribution in [0.2, 0.25) is 0 Å². The Kier molecular flexibility index (Phi) is 7.76. The second-order valence-electron chi connectivity index (χ2n) is 6.53. The monoisotopic (exact) mass is 323 g/mol. The van der Waals surface area contributed by atoms with E-state index in [9.17, 15) is 4.79 Å². The molecule has 1 unspecified atom stereocenters. The van der Waals surface area contributed by atoms with E-state index in [1.165, 1.54) is 0 Å². The lowest BCUT2D eigenvalue weighted by Gasteiger charge is -2.41. The van der Waals surface area contributed by atoms with Gasteiger partial charge in [0.2, 0.25) is 0 Å². The molecule has 0 spiro atoms. The fourth-order valence-electron chi connectivity index (χ4n) is 3.23. The van der Waals surface area contributed by atoms with Crippen molar-refractivity contribution in [1.82, 2.24) is 15.4 Å². The molecule has 0 aliphatic carbocycles. The van der Waals surface area contributed by atoms with E-state index >= 15 is 0 Å². The smallest absolute Gasteiger partial charge is 0.273 e. The molecule has 0 radical (unpaired) electrons. The highest BCUT2D eigenvalue weighted by Gasteiger charge is 2.35. The first-order valence-electron chi connectivity index (χ1n) is 8.87. The van der Waals surface area contributed by atoms with Gasteiger partial charge in [0.25, 0.3) is 5.91 Å². The third-order valence-electron chi connectivity index (χ3n) is 5.00. The first kappa shape index (κ1) is 19.7. The second kappa shape index (κ2) is 9.06. The lowest BCUT2D eigenvalue weighted by Crippen LogP contribution is -2.50. The van der Waals surface area contributed by atoms with Crippen LogP contribution in [0.15, 0.2) is 10.6 Å². The van der Waals surface area contributed by atoms with E-state index in [0.29, 0.717) is 5.69 Å². The van der Waals surface area contributed by atoms with Crippen LogP contribution in [-0.2, 0) is 6.42 Å². The van der Waals surface area contributed by atoms with Gasteiger partial charge >= 0.3 is 0 Å². The average molecular weight is 323 g/mol. The Labute approximate surface area is 140 Å². The SMILES string of the molecule is CCCN(C)CC(CC)(CC)C(C)NC(=O)c1cc(CC)on1. The summed E-state index contributed by atoms with van der Waals surface area (Å²) >= 11 is 0. The minimum Gasteiger partial charge on any atom is -0.361 e. The highest BCUT2D eigenvalue weighted by molar-refractivity contribution is 5.92. The van der Waals surface area contributed by atoms with Crippen molar-refractivity contribution in [3.8, 4) is 0 Å². The van der Waals surface area contributed by atoms with Gasteiger partial charge in [-0.1, -0.05) is 32.9 Å². The molecule has 1 aromatic heterocycles. The fourth-order valence-corrected chi connectivity index (χ4v) is 3.23. The highest BCUT2D eigenvalue weighted by atomic mass is 16.5. The Hall–Kier alpha value is -1.36. The zero-order chi connectivity index (χ0) is 17.5. The van der Waals surface area contributed by atoms with Crippen LogP contribution in [0.25, 0.3) is 0 Å². The van der Waals surface area contributed by atoms with Crippen molar-refractivity contribution in [2.75, 3.05) is 20.1 Å². The Bertz CT molecular complexity index is 480. The predicted molar refractivity (Wildman–Crippen MR) is 93.6 cm³/mol. The summed E-state index contributed by atoms with van der Waals surface area (Å²) in [6.07, 6.45) is 3.93. The Morgan fingerprint density at radius 3 is 2.48 bits per heavy atom. The quantitative estimate of drug-likeness (QED) is 0.716. The summed E-state index contributed by atoms with van der Waals surface area (Å²) in [7, 11) is 2.16. The van der Waals surface area contributed by atoms with E-state index in [2.05, 4.69) is 50.1 Å². The minimum absolute atomic E-state index is 0.0664. The molecule has 1 heterocycles. The molecule has 1 atom stereocenters. The van der Waals surface area contributed by atoms with Gasteiger partial charge in [-0.3, -0.25) is 4.79 Å². The molecule has 0 saturated heterocycles. The third-order valence-corrected chi connectivity index (χ3v) is 5.00. The molecule has 1 rings (SSSR count). The fraction of sp³-hybridized carbons (Fsp3) is 0.778. The molecule has 0 fully saturated rings. The Morgan fingerprint density at radius 1 is 1.35 bits per heavy atom. The number of carbonyl (C=O) groups is 1. The van der Waals surface area contributed by atoms with Crippen molar-refractivity contribution in [1.29, 1.82) is 0 Å². The summed E-state index contributed by atoms with van der Waals surface area (Å²) in [5, 5.41) is 7.00. The number of hydrogen-bond acceptors (Lipinski definition) is 4. The van der Waals surface area contributed by atoms with Gasteiger partial charge in [-0.2, -0.15) is 0 Å². The Morgan fingerprint density at radius 2 is 2.00 bits per heavy atom. The van der Waals surface area contributed by atoms with Crippen LogP contribution in [0.5, 0.6) is 0 Å². The van der Waals surface area contributed by atoms with Crippen LogP contribution in [0.4, 0.5) is 0 Å². The van der Waals surface area contributed by atoms with Crippen molar-refractivity contribution in [2.24, 2.45) is 5.41 Å². The molecule has 0 saturated carbocycles. The molecule has 1 aromatic rings. The summed E-state index contributed by atoms with van der Waals surface area (Å²) in [6.45, 7) is 12.7. The predicted octanol–water partition coefficient (Wildman–Crippen LogP) is 3.50. The molecule has 1 amide bonds. The largest absolute Gasteiger partial charge is 0.361 e. The molecule has 0 aliphatic heterocycles. The summed E-state index contributed by atoms with van der Waals surface area (Å²) in [5.74, 6) is 0.591. The van der Waals surface area contributed by atoms with Crippen LogP contribution >= 0.6 is 0 Å². The first-order valence-corrected chi connectivity index (χ1v) is 8.87. The number of aryl methyl sites for hydroxylation is 1. The summed E-state index contributed by atoms with van der Waals surface area (Å²) in [5.41, 5.74) is 0.438. The van der Waals surface area contributed by atoms with Gasteiger partial charge in [-0.25, -0.2) is 0 Å². The van der Waals surface area contributed by atoms with Gasteiger partial charge in [0.05, 0.1) is 0 Å². The van der Waals surface area contributed by atoms with Gasteiger partial charge < -0.3 is 14.7 Å². The highest BCUT2D eigenvalue weighted by Crippen LogP contribution is 2.32. The molecular weight excluding hydrogens is 290 g/mol. The van der Waals surface area contributed by atoms with E-state index < -0.39 is 0 Å². The van der Waals surface area contributed by atoms with Crippen LogP contribution < -0.4 is 5.32 Å². The maximum absolute atomic E-state index is 12.4. The lowest BCUT2D eigenvalue weighted by molar-refractivity contribution is 0.0797. The van der Waals surface area contributed by atoms with Crippen LogP contribution in [0.1, 0.15) is 70.1 Å². The van der Waals surface area contributed by atoms with Crippen LogP contribution in [0, 0.1) is 5.41 Å². The molecule has 0 aliphatic rings. The number of carbonyl (C=O) groups excluding carboxylic acids is 1. The standard InChI is InChI=1S/C18H33N3O2/c1-7-11-21(6)13-18(9-3,10-4)14(5)19-17(22)16-12-15(8-2)23-20-16/h12,14H,7-11,13H2,1-6H3,(H,19,22). The molecule has 132 valence electrons. The maximum Gasteiger partial charge on any atom is 0.273 e. The number of amides is 1. The van der Waals surface area contributed by atoms with Crippen molar-refractivity contribution in [3.63, 3.8) is 0 Å². The van der Waals surface area contributed by atoms with Crippen molar-refractivity contribution in [3.05, 3.63) is 17.5 Å². The van der Waals surface area contributed by atoms with Gasteiger partial charge in [-0.05, 0) is 39.8 Å². The normalized spacial score (nSPS) is 13.3. The van der Waals surface area contributed by atoms with E-state index in [0.717, 1.165) is 44.5 Å². The van der Waals surface area contributed by atoms with Crippen molar-refractivity contribution < 1.29 is 9.32 Å². The van der Waals surface area contributed by atoms with Gasteiger partial charge in [-0.15, -0.1) is 0 Å². The van der Waals surface area contributed by atoms with E-state index in [4.69, 9.17) is 4.52 Å². The molecule has 0 bridgehead atoms. The molecule has 1 N–H and O–H groups in total. The van der Waals surface area contributed by atoms with Gasteiger partial charge in [0, 0.05) is 30.5 Å². The number of aromatic nitrogens is 1. The van der Waals surface area contributed by atoms with Gasteiger partial charge in [0.1, 0.15) is 5.76 Å². The molecule has 0 aromatic carbocycles. The second-order valence-corrected chi connectivity index (χ2v) is 6.53.